The number of pyridine rings is 1. The predicted molar refractivity (Wildman–Crippen MR) is 149 cm³/mol. The summed E-state index contributed by atoms with van der Waals surface area (Å²) < 4.78 is 52.1. The summed E-state index contributed by atoms with van der Waals surface area (Å²) >= 11 is 0. The summed E-state index contributed by atoms with van der Waals surface area (Å²) in [7, 11) is 0. The number of hydrogen-bond acceptors (Lipinski definition) is 8. The number of ether oxygens (including phenoxy) is 2. The standard InChI is InChI=1S/C29H28F3N7O4/c1-29(14-42-15-29)27(41)38-9-2-3-17(13-38)25-37-22(23-24(33)35-8-10-39(23)25)19-5-4-16(11-20(19)30)26(40)36-21-12-18(6-7-34-21)43-28(31)32/h4-8,10-12,17,28H,2-3,9,13-15H2,1H3,(H2,33,35)(H,34,36,40)/t17-/m1/s1. The molecule has 1 aromatic carbocycles. The first-order valence-corrected chi connectivity index (χ1v) is 13.6. The summed E-state index contributed by atoms with van der Waals surface area (Å²) in [5.74, 6) is -0.973. The third-order valence-corrected chi connectivity index (χ3v) is 7.73. The smallest absolute Gasteiger partial charge is 0.387 e. The first-order valence-electron chi connectivity index (χ1n) is 13.6. The normalized spacial score (nSPS) is 18.0. The number of likely N-dealkylation sites (tertiary alicyclic amines) is 1. The number of nitrogen functional groups attached to an aromatic ring is 1. The molecule has 224 valence electrons. The molecule has 1 atom stereocenters. The van der Waals surface area contributed by atoms with Gasteiger partial charge < -0.3 is 25.4 Å². The first-order chi connectivity index (χ1) is 20.6. The van der Waals surface area contributed by atoms with Gasteiger partial charge in [0.05, 0.1) is 18.6 Å². The van der Waals surface area contributed by atoms with Gasteiger partial charge in [-0.25, -0.2) is 19.3 Å². The molecule has 2 amide bonds. The fraction of sp³-hybridized carbons (Fsp3) is 0.345. The van der Waals surface area contributed by atoms with Crippen molar-refractivity contribution < 1.29 is 32.2 Å². The molecule has 3 N–H and O–H groups in total. The van der Waals surface area contributed by atoms with Gasteiger partial charge in [0.25, 0.3) is 5.91 Å². The number of carbonyl (C=O) groups excluding carboxylic acids is 2. The van der Waals surface area contributed by atoms with Crippen molar-refractivity contribution in [1.82, 2.24) is 24.3 Å². The Balaban J connectivity index is 1.28. The molecule has 2 aliphatic rings. The minimum absolute atomic E-state index is 0.0343. The maximum absolute atomic E-state index is 15.6. The molecular weight excluding hydrogens is 567 g/mol. The summed E-state index contributed by atoms with van der Waals surface area (Å²) in [5.41, 5.74) is 6.47. The van der Waals surface area contributed by atoms with E-state index in [0.717, 1.165) is 25.0 Å². The van der Waals surface area contributed by atoms with Gasteiger partial charge in [0, 0.05) is 54.8 Å². The average molecular weight is 596 g/mol. The van der Waals surface area contributed by atoms with Crippen LogP contribution in [0.15, 0.2) is 48.9 Å². The van der Waals surface area contributed by atoms with Crippen molar-refractivity contribution in [3.8, 4) is 17.0 Å². The Labute approximate surface area is 243 Å². The van der Waals surface area contributed by atoms with Crippen LogP contribution >= 0.6 is 0 Å². The van der Waals surface area contributed by atoms with E-state index in [9.17, 15) is 18.4 Å². The maximum Gasteiger partial charge on any atom is 0.387 e. The number of fused-ring (bicyclic) bond motifs is 1. The van der Waals surface area contributed by atoms with Crippen molar-refractivity contribution >= 4 is 29.0 Å². The SMILES string of the molecule is CC1(C(=O)N2CCC[C@@H](c3nc(-c4ccc(C(=O)Nc5cc(OC(F)F)ccn5)cc4F)c4c(N)nccn34)C2)COC1. The lowest BCUT2D eigenvalue weighted by Gasteiger charge is -2.42. The van der Waals surface area contributed by atoms with E-state index in [4.69, 9.17) is 15.5 Å². The number of halogens is 3. The second kappa shape index (κ2) is 11.2. The summed E-state index contributed by atoms with van der Waals surface area (Å²) in [4.78, 5) is 40.8. The number of carbonyl (C=O) groups is 2. The lowest BCUT2D eigenvalue weighted by atomic mass is 9.85. The zero-order valence-corrected chi connectivity index (χ0v) is 23.1. The Morgan fingerprint density at radius 3 is 2.72 bits per heavy atom. The Hall–Kier alpha value is -4.72. The largest absolute Gasteiger partial charge is 0.435 e. The summed E-state index contributed by atoms with van der Waals surface area (Å²) in [5, 5.41) is 2.44. The van der Waals surface area contributed by atoms with E-state index in [1.807, 2.05) is 11.8 Å². The Bertz CT molecular complexity index is 1710. The molecule has 43 heavy (non-hydrogen) atoms. The van der Waals surface area contributed by atoms with Crippen molar-refractivity contribution in [2.45, 2.75) is 32.3 Å². The van der Waals surface area contributed by atoms with Crippen LogP contribution in [0.2, 0.25) is 0 Å². The van der Waals surface area contributed by atoms with Crippen LogP contribution in [0.25, 0.3) is 16.8 Å². The molecule has 14 heteroatoms. The quantitative estimate of drug-likeness (QED) is 0.326. The zero-order chi connectivity index (χ0) is 30.3. The van der Waals surface area contributed by atoms with E-state index in [-0.39, 0.29) is 46.0 Å². The number of imidazole rings is 1. The lowest BCUT2D eigenvalue weighted by molar-refractivity contribution is -0.169. The van der Waals surface area contributed by atoms with Gasteiger partial charge in [0.15, 0.2) is 0 Å². The summed E-state index contributed by atoms with van der Waals surface area (Å²) in [6, 6.07) is 6.22. The highest BCUT2D eigenvalue weighted by atomic mass is 19.3. The van der Waals surface area contributed by atoms with Gasteiger partial charge in [-0.3, -0.25) is 14.0 Å². The summed E-state index contributed by atoms with van der Waals surface area (Å²) in [6.45, 7) is 0.752. The number of anilines is 2. The van der Waals surface area contributed by atoms with Crippen molar-refractivity contribution in [2.24, 2.45) is 5.41 Å². The third-order valence-electron chi connectivity index (χ3n) is 7.73. The monoisotopic (exact) mass is 595 g/mol. The molecule has 2 fully saturated rings. The van der Waals surface area contributed by atoms with E-state index >= 15 is 4.39 Å². The fourth-order valence-corrected chi connectivity index (χ4v) is 5.54. The van der Waals surface area contributed by atoms with Gasteiger partial charge >= 0.3 is 6.61 Å². The molecular formula is C29H28F3N7O4. The van der Waals surface area contributed by atoms with Crippen molar-refractivity contribution in [3.05, 3.63) is 66.1 Å². The Morgan fingerprint density at radius 1 is 1.19 bits per heavy atom. The predicted octanol–water partition coefficient (Wildman–Crippen LogP) is 4.11. The highest BCUT2D eigenvalue weighted by Gasteiger charge is 2.44. The van der Waals surface area contributed by atoms with Crippen LogP contribution in [0.1, 0.15) is 41.9 Å². The second-order valence-electron chi connectivity index (χ2n) is 10.9. The number of rotatable bonds is 7. The molecule has 11 nitrogen and oxygen atoms in total. The molecule has 0 radical (unpaired) electrons. The van der Waals surface area contributed by atoms with Crippen LogP contribution in [0, 0.1) is 11.2 Å². The Kier molecular flexibility index (Phi) is 7.38. The van der Waals surface area contributed by atoms with E-state index in [1.54, 1.807) is 10.6 Å². The van der Waals surface area contributed by atoms with Crippen LogP contribution < -0.4 is 15.8 Å². The number of aromatic nitrogens is 4. The van der Waals surface area contributed by atoms with E-state index in [2.05, 4.69) is 20.0 Å². The van der Waals surface area contributed by atoms with Crippen LogP contribution in [0.4, 0.5) is 24.8 Å². The van der Waals surface area contributed by atoms with Crippen LogP contribution in [0.3, 0.4) is 0 Å². The van der Waals surface area contributed by atoms with Gasteiger partial charge in [0.1, 0.15) is 40.2 Å². The fourth-order valence-electron chi connectivity index (χ4n) is 5.54. The average Bonchev–Trinajstić information content (AvgIpc) is 3.36. The molecule has 0 aliphatic carbocycles. The van der Waals surface area contributed by atoms with Crippen LogP contribution in [-0.2, 0) is 9.53 Å². The molecule has 0 spiro atoms. The zero-order valence-electron chi connectivity index (χ0n) is 23.1. The number of nitrogens with zero attached hydrogens (tertiary/aromatic N) is 5. The minimum atomic E-state index is -3.04. The Morgan fingerprint density at radius 2 is 2.00 bits per heavy atom. The molecule has 5 heterocycles. The van der Waals surface area contributed by atoms with Crippen molar-refractivity contribution in [3.63, 3.8) is 0 Å². The molecule has 2 saturated heterocycles. The highest BCUT2D eigenvalue weighted by molar-refractivity contribution is 6.04. The third kappa shape index (κ3) is 5.45. The van der Waals surface area contributed by atoms with Crippen LogP contribution in [-0.4, -0.2) is 69.0 Å². The lowest BCUT2D eigenvalue weighted by Crippen LogP contribution is -2.55. The van der Waals surface area contributed by atoms with Gasteiger partial charge in [-0.05, 0) is 44.0 Å². The van der Waals surface area contributed by atoms with E-state index in [1.165, 1.54) is 30.6 Å². The highest BCUT2D eigenvalue weighted by Crippen LogP contribution is 2.37. The van der Waals surface area contributed by atoms with Gasteiger partial charge in [-0.1, -0.05) is 0 Å². The van der Waals surface area contributed by atoms with Gasteiger partial charge in [-0.2, -0.15) is 8.78 Å². The minimum Gasteiger partial charge on any atom is -0.435 e. The molecule has 0 saturated carbocycles. The van der Waals surface area contributed by atoms with E-state index < -0.39 is 23.8 Å². The van der Waals surface area contributed by atoms with Crippen molar-refractivity contribution in [2.75, 3.05) is 37.4 Å². The number of piperidine rings is 1. The number of benzene rings is 1. The van der Waals surface area contributed by atoms with E-state index in [0.29, 0.717) is 37.6 Å². The second-order valence-corrected chi connectivity index (χ2v) is 10.9. The molecule has 4 aromatic rings. The number of nitrogens with two attached hydrogens (primary N) is 1. The molecule has 6 rings (SSSR count). The molecule has 2 aliphatic heterocycles. The van der Waals surface area contributed by atoms with Crippen LogP contribution in [0.5, 0.6) is 5.75 Å². The summed E-state index contributed by atoms with van der Waals surface area (Å²) in [6.07, 6.45) is 5.99. The number of hydrogen-bond donors (Lipinski definition) is 2. The molecule has 3 aromatic heterocycles. The molecule has 0 bridgehead atoms. The topological polar surface area (TPSA) is 137 Å². The van der Waals surface area contributed by atoms with Crippen molar-refractivity contribution in [1.29, 1.82) is 0 Å². The van der Waals surface area contributed by atoms with Gasteiger partial charge in [0.2, 0.25) is 5.91 Å². The van der Waals surface area contributed by atoms with Gasteiger partial charge in [-0.15, -0.1) is 0 Å². The first kappa shape index (κ1) is 28.4. The number of nitrogens with one attached hydrogen (secondary N) is 1. The maximum atomic E-state index is 15.6. The number of amides is 2. The number of alkyl halides is 2. The molecule has 0 unspecified atom stereocenters.